The van der Waals surface area contributed by atoms with Crippen molar-refractivity contribution in [3.63, 3.8) is 0 Å². The van der Waals surface area contributed by atoms with Gasteiger partial charge in [0.1, 0.15) is 5.69 Å². The van der Waals surface area contributed by atoms with Gasteiger partial charge in [0.15, 0.2) is 5.13 Å². The predicted molar refractivity (Wildman–Crippen MR) is 126 cm³/mol. The Hall–Kier alpha value is -3.83. The number of nitrogens with one attached hydrogen (secondary N) is 2. The highest BCUT2D eigenvalue weighted by atomic mass is 32.2. The van der Waals surface area contributed by atoms with E-state index in [4.69, 9.17) is 0 Å². The fraction of sp³-hybridized carbons (Fsp3) is 0.0909. The molecule has 0 fully saturated rings. The standard InChI is InChI=1S/C22H19N5O4S2/c1-15-2-4-16(5-3-15)14-27-20(28)11-10-19(25-27)21(29)24-17-6-8-18(9-7-17)33(30,31)26-22-23-12-13-32-22/h2-13H,14H2,1H3,(H,23,26)(H,24,29). The van der Waals surface area contributed by atoms with E-state index in [1.165, 1.54) is 58.6 Å². The first-order chi connectivity index (χ1) is 15.8. The van der Waals surface area contributed by atoms with Crippen LogP contribution in [-0.4, -0.2) is 29.1 Å². The number of rotatable bonds is 7. The number of carbonyl (C=O) groups excluding carboxylic acids is 1. The Morgan fingerprint density at radius 2 is 1.76 bits per heavy atom. The van der Waals surface area contributed by atoms with Crippen LogP contribution in [0.25, 0.3) is 0 Å². The quantitative estimate of drug-likeness (QED) is 0.418. The van der Waals surface area contributed by atoms with Crippen molar-refractivity contribution in [2.24, 2.45) is 0 Å². The van der Waals surface area contributed by atoms with Crippen molar-refractivity contribution < 1.29 is 13.2 Å². The molecule has 0 aliphatic heterocycles. The summed E-state index contributed by atoms with van der Waals surface area (Å²) in [6.45, 7) is 2.21. The number of amides is 1. The highest BCUT2D eigenvalue weighted by molar-refractivity contribution is 7.93. The third-order valence-electron chi connectivity index (χ3n) is 4.63. The second kappa shape index (κ2) is 9.35. The lowest BCUT2D eigenvalue weighted by atomic mass is 10.1. The molecule has 2 N–H and O–H groups in total. The molecule has 2 aromatic carbocycles. The molecule has 4 aromatic rings. The van der Waals surface area contributed by atoms with E-state index >= 15 is 0 Å². The van der Waals surface area contributed by atoms with Crippen molar-refractivity contribution in [2.75, 3.05) is 10.0 Å². The van der Waals surface area contributed by atoms with Gasteiger partial charge in [0.25, 0.3) is 21.5 Å². The molecule has 0 saturated heterocycles. The minimum Gasteiger partial charge on any atom is -0.321 e. The third kappa shape index (κ3) is 5.51. The van der Waals surface area contributed by atoms with Gasteiger partial charge in [-0.1, -0.05) is 29.8 Å². The maximum absolute atomic E-state index is 12.6. The molecule has 168 valence electrons. The SMILES string of the molecule is Cc1ccc(Cn2nc(C(=O)Nc3ccc(S(=O)(=O)Nc4nccs4)cc3)ccc2=O)cc1. The van der Waals surface area contributed by atoms with Crippen LogP contribution in [0.4, 0.5) is 10.8 Å². The van der Waals surface area contributed by atoms with Crippen LogP contribution in [0.15, 0.2) is 81.9 Å². The van der Waals surface area contributed by atoms with E-state index in [1.807, 2.05) is 31.2 Å². The predicted octanol–water partition coefficient (Wildman–Crippen LogP) is 3.11. The van der Waals surface area contributed by atoms with Crippen molar-refractivity contribution in [3.8, 4) is 0 Å². The topological polar surface area (TPSA) is 123 Å². The summed E-state index contributed by atoms with van der Waals surface area (Å²) >= 11 is 1.17. The first-order valence-electron chi connectivity index (χ1n) is 9.78. The lowest BCUT2D eigenvalue weighted by Gasteiger charge is -2.09. The monoisotopic (exact) mass is 481 g/mol. The molecule has 11 heteroatoms. The smallest absolute Gasteiger partial charge is 0.276 e. The summed E-state index contributed by atoms with van der Waals surface area (Å²) in [6, 6.07) is 16.0. The Morgan fingerprint density at radius 3 is 2.42 bits per heavy atom. The van der Waals surface area contributed by atoms with Gasteiger partial charge in [-0.05, 0) is 42.8 Å². The second-order valence-electron chi connectivity index (χ2n) is 7.12. The summed E-state index contributed by atoms with van der Waals surface area (Å²) < 4.78 is 28.4. The molecule has 1 amide bonds. The van der Waals surface area contributed by atoms with Crippen molar-refractivity contribution in [3.05, 3.63) is 99.4 Å². The van der Waals surface area contributed by atoms with Crippen LogP contribution >= 0.6 is 11.3 Å². The van der Waals surface area contributed by atoms with Gasteiger partial charge < -0.3 is 5.32 Å². The Morgan fingerprint density at radius 1 is 1.03 bits per heavy atom. The number of aryl methyl sites for hydroxylation is 1. The summed E-state index contributed by atoms with van der Waals surface area (Å²) in [7, 11) is -3.79. The molecular formula is C22H19N5O4S2. The molecule has 0 saturated carbocycles. The molecule has 0 unspecified atom stereocenters. The lowest BCUT2D eigenvalue weighted by molar-refractivity contribution is 0.102. The van der Waals surface area contributed by atoms with E-state index in [1.54, 1.807) is 5.38 Å². The number of thiazole rings is 1. The van der Waals surface area contributed by atoms with E-state index in [9.17, 15) is 18.0 Å². The fourth-order valence-corrected chi connectivity index (χ4v) is 4.70. The number of nitrogens with zero attached hydrogens (tertiary/aromatic N) is 3. The normalized spacial score (nSPS) is 11.2. The number of hydrogen-bond donors (Lipinski definition) is 2. The van der Waals surface area contributed by atoms with Crippen LogP contribution in [0, 0.1) is 6.92 Å². The second-order valence-corrected chi connectivity index (χ2v) is 9.70. The van der Waals surface area contributed by atoms with Gasteiger partial charge in [-0.2, -0.15) is 5.10 Å². The van der Waals surface area contributed by atoms with Gasteiger partial charge in [-0.15, -0.1) is 11.3 Å². The summed E-state index contributed by atoms with van der Waals surface area (Å²) in [5, 5.41) is 8.75. The zero-order chi connectivity index (χ0) is 23.4. The number of aromatic nitrogens is 3. The highest BCUT2D eigenvalue weighted by Crippen LogP contribution is 2.19. The zero-order valence-electron chi connectivity index (χ0n) is 17.4. The van der Waals surface area contributed by atoms with Crippen molar-refractivity contribution in [2.45, 2.75) is 18.4 Å². The van der Waals surface area contributed by atoms with Gasteiger partial charge in [-0.25, -0.2) is 18.1 Å². The molecule has 9 nitrogen and oxygen atoms in total. The molecule has 2 heterocycles. The molecule has 0 bridgehead atoms. The average molecular weight is 482 g/mol. The Bertz CT molecular complexity index is 1430. The van der Waals surface area contributed by atoms with Gasteiger partial charge >= 0.3 is 0 Å². The van der Waals surface area contributed by atoms with Gasteiger partial charge in [-0.3, -0.25) is 14.3 Å². The Balaban J connectivity index is 1.47. The maximum Gasteiger partial charge on any atom is 0.276 e. The van der Waals surface area contributed by atoms with Gasteiger partial charge in [0, 0.05) is 23.3 Å². The van der Waals surface area contributed by atoms with Crippen molar-refractivity contribution in [1.82, 2.24) is 14.8 Å². The first kappa shape index (κ1) is 22.4. The van der Waals surface area contributed by atoms with E-state index in [2.05, 4.69) is 20.1 Å². The number of hydrogen-bond acceptors (Lipinski definition) is 7. The highest BCUT2D eigenvalue weighted by Gasteiger charge is 2.16. The van der Waals surface area contributed by atoms with Crippen molar-refractivity contribution in [1.29, 1.82) is 0 Å². The molecule has 0 aliphatic rings. The summed E-state index contributed by atoms with van der Waals surface area (Å²) in [6.07, 6.45) is 1.50. The minimum atomic E-state index is -3.79. The number of benzene rings is 2. The van der Waals surface area contributed by atoms with E-state index in [0.29, 0.717) is 5.69 Å². The van der Waals surface area contributed by atoms with Crippen LogP contribution in [0.3, 0.4) is 0 Å². The van der Waals surface area contributed by atoms with Crippen LogP contribution in [0.2, 0.25) is 0 Å². The van der Waals surface area contributed by atoms with Gasteiger partial charge in [0.2, 0.25) is 0 Å². The van der Waals surface area contributed by atoms with Crippen LogP contribution in [0.5, 0.6) is 0 Å². The zero-order valence-corrected chi connectivity index (χ0v) is 19.1. The molecule has 0 atom stereocenters. The fourth-order valence-electron chi connectivity index (χ4n) is 2.91. The molecule has 4 rings (SSSR count). The summed E-state index contributed by atoms with van der Waals surface area (Å²) in [5.74, 6) is -0.524. The first-order valence-corrected chi connectivity index (χ1v) is 12.1. The molecule has 0 spiro atoms. The molecule has 0 aliphatic carbocycles. The molecule has 0 radical (unpaired) electrons. The minimum absolute atomic E-state index is 0.0282. The molecule has 33 heavy (non-hydrogen) atoms. The largest absolute Gasteiger partial charge is 0.321 e. The van der Waals surface area contributed by atoms with Crippen molar-refractivity contribution >= 4 is 38.1 Å². The van der Waals surface area contributed by atoms with E-state index in [0.717, 1.165) is 11.1 Å². The number of anilines is 2. The molecule has 2 aromatic heterocycles. The number of carbonyl (C=O) groups is 1. The van der Waals surface area contributed by atoms with Crippen LogP contribution in [-0.2, 0) is 16.6 Å². The van der Waals surface area contributed by atoms with Gasteiger partial charge in [0.05, 0.1) is 11.4 Å². The van der Waals surface area contributed by atoms with E-state index in [-0.39, 0.29) is 27.8 Å². The maximum atomic E-state index is 12.6. The number of sulfonamides is 1. The molecular weight excluding hydrogens is 462 g/mol. The Labute approximate surface area is 193 Å². The average Bonchev–Trinajstić information content (AvgIpc) is 3.29. The summed E-state index contributed by atoms with van der Waals surface area (Å²) in [5.41, 5.74) is 2.10. The lowest BCUT2D eigenvalue weighted by Crippen LogP contribution is -2.26. The third-order valence-corrected chi connectivity index (χ3v) is 6.80. The summed E-state index contributed by atoms with van der Waals surface area (Å²) in [4.78, 5) is 28.7. The van der Waals surface area contributed by atoms with E-state index < -0.39 is 15.9 Å². The van der Waals surface area contributed by atoms with Crippen LogP contribution < -0.4 is 15.6 Å². The Kier molecular flexibility index (Phi) is 6.33. The van der Waals surface area contributed by atoms with Crippen LogP contribution in [0.1, 0.15) is 21.6 Å².